The lowest BCUT2D eigenvalue weighted by Gasteiger charge is -2.29. The first kappa shape index (κ1) is 17.3. The molecule has 0 bridgehead atoms. The number of hydrogen-bond acceptors (Lipinski definition) is 4. The maximum Gasteiger partial charge on any atom is 0.391 e. The molecule has 0 aliphatic heterocycles. The number of nitrogens with one attached hydrogen (secondary N) is 1. The first-order chi connectivity index (χ1) is 12.0. The Hall–Kier alpha value is -2.56. The van der Waals surface area contributed by atoms with Crippen molar-refractivity contribution in [1.29, 1.82) is 5.26 Å². The summed E-state index contributed by atoms with van der Waals surface area (Å²) in [5.74, 6) is -0.449. The van der Waals surface area contributed by atoms with Crippen LogP contribution in [0.5, 0.6) is 5.75 Å². The van der Waals surface area contributed by atoms with E-state index in [-0.39, 0.29) is 24.5 Å². The van der Waals surface area contributed by atoms with Gasteiger partial charge >= 0.3 is 6.18 Å². The van der Waals surface area contributed by atoms with Gasteiger partial charge in [0.2, 0.25) is 0 Å². The van der Waals surface area contributed by atoms with Gasteiger partial charge in [-0.15, -0.1) is 5.10 Å². The van der Waals surface area contributed by atoms with E-state index in [2.05, 4.69) is 15.4 Å². The molecule has 0 atom stereocenters. The second kappa shape index (κ2) is 7.13. The second-order valence-corrected chi connectivity index (χ2v) is 6.25. The molecule has 0 spiro atoms. The zero-order valence-electron chi connectivity index (χ0n) is 13.4. The average molecular weight is 350 g/mol. The van der Waals surface area contributed by atoms with E-state index >= 15 is 0 Å². The van der Waals surface area contributed by atoms with Crippen LogP contribution in [0.25, 0.3) is 11.3 Å². The highest BCUT2D eigenvalue weighted by atomic mass is 19.4. The first-order valence-electron chi connectivity index (χ1n) is 8.08. The zero-order valence-corrected chi connectivity index (χ0v) is 13.4. The normalized spacial score (nSPS) is 20.9. The highest BCUT2D eigenvalue weighted by Crippen LogP contribution is 2.39. The highest BCUT2D eigenvalue weighted by molar-refractivity contribution is 5.65. The van der Waals surface area contributed by atoms with E-state index < -0.39 is 12.1 Å². The molecule has 2 aromatic rings. The van der Waals surface area contributed by atoms with Crippen LogP contribution >= 0.6 is 0 Å². The van der Waals surface area contributed by atoms with Crippen LogP contribution < -0.4 is 4.74 Å². The lowest BCUT2D eigenvalue weighted by Crippen LogP contribution is -2.29. The molecule has 1 heterocycles. The summed E-state index contributed by atoms with van der Waals surface area (Å²) in [5.41, 5.74) is 1.41. The minimum absolute atomic E-state index is 0.129. The van der Waals surface area contributed by atoms with Gasteiger partial charge in [-0.25, -0.2) is 5.10 Å². The van der Waals surface area contributed by atoms with Crippen molar-refractivity contribution in [2.75, 3.05) is 6.61 Å². The van der Waals surface area contributed by atoms with Crippen molar-refractivity contribution in [2.45, 2.75) is 31.9 Å². The van der Waals surface area contributed by atoms with Crippen LogP contribution in [0.15, 0.2) is 24.3 Å². The van der Waals surface area contributed by atoms with Gasteiger partial charge in [0.1, 0.15) is 17.5 Å². The number of ether oxygens (including phenoxy) is 1. The van der Waals surface area contributed by atoms with Gasteiger partial charge in [0.15, 0.2) is 5.69 Å². The molecule has 1 saturated carbocycles. The number of rotatable bonds is 4. The van der Waals surface area contributed by atoms with Crippen LogP contribution in [0, 0.1) is 23.2 Å². The molecule has 0 amide bonds. The third-order valence-electron chi connectivity index (χ3n) is 4.56. The van der Waals surface area contributed by atoms with Crippen LogP contribution in [0.4, 0.5) is 13.2 Å². The van der Waals surface area contributed by atoms with Gasteiger partial charge in [0.25, 0.3) is 0 Å². The number of benzene rings is 1. The van der Waals surface area contributed by atoms with E-state index in [1.54, 1.807) is 24.3 Å². The minimum Gasteiger partial charge on any atom is -0.493 e. The molecular weight excluding hydrogens is 333 g/mol. The monoisotopic (exact) mass is 350 g/mol. The molecule has 0 unspecified atom stereocenters. The van der Waals surface area contributed by atoms with Gasteiger partial charge in [-0.3, -0.25) is 0 Å². The number of nitriles is 1. The number of halogens is 3. The summed E-state index contributed by atoms with van der Waals surface area (Å²) >= 11 is 0. The maximum atomic E-state index is 12.7. The van der Waals surface area contributed by atoms with E-state index in [0.717, 1.165) is 0 Å². The lowest BCUT2D eigenvalue weighted by atomic mass is 9.82. The van der Waals surface area contributed by atoms with Gasteiger partial charge in [-0.2, -0.15) is 18.4 Å². The fourth-order valence-electron chi connectivity index (χ4n) is 3.11. The zero-order chi connectivity index (χ0) is 17.9. The quantitative estimate of drug-likeness (QED) is 0.901. The smallest absolute Gasteiger partial charge is 0.391 e. The van der Waals surface area contributed by atoms with E-state index in [0.29, 0.717) is 36.5 Å². The van der Waals surface area contributed by atoms with Crippen molar-refractivity contribution in [3.8, 4) is 23.1 Å². The minimum atomic E-state index is -4.09. The average Bonchev–Trinajstić information content (AvgIpc) is 3.08. The molecular formula is C17H17F3N4O. The van der Waals surface area contributed by atoms with Gasteiger partial charge in [0, 0.05) is 5.56 Å². The van der Waals surface area contributed by atoms with Gasteiger partial charge in [0.05, 0.1) is 12.5 Å². The number of nitrogens with zero attached hydrogens (tertiary/aromatic N) is 3. The Morgan fingerprint density at radius 1 is 1.24 bits per heavy atom. The van der Waals surface area contributed by atoms with Crippen molar-refractivity contribution < 1.29 is 17.9 Å². The number of alkyl halides is 3. The Kier molecular flexibility index (Phi) is 4.93. The summed E-state index contributed by atoms with van der Waals surface area (Å²) in [6.07, 6.45) is -2.71. The molecule has 1 aromatic heterocycles. The van der Waals surface area contributed by atoms with Crippen molar-refractivity contribution >= 4 is 0 Å². The number of hydrogen-bond donors (Lipinski definition) is 1. The van der Waals surface area contributed by atoms with Crippen LogP contribution in [0.3, 0.4) is 0 Å². The molecule has 0 radical (unpaired) electrons. The summed E-state index contributed by atoms with van der Waals surface area (Å²) in [6, 6.07) is 9.08. The van der Waals surface area contributed by atoms with Crippen LogP contribution in [0.2, 0.25) is 0 Å². The Morgan fingerprint density at radius 2 is 2.00 bits per heavy atom. The number of aromatic nitrogens is 3. The van der Waals surface area contributed by atoms with Gasteiger partial charge in [-0.05, 0) is 43.7 Å². The Labute approximate surface area is 142 Å². The summed E-state index contributed by atoms with van der Waals surface area (Å²) in [5, 5.41) is 19.0. The van der Waals surface area contributed by atoms with Crippen LogP contribution in [-0.4, -0.2) is 28.2 Å². The largest absolute Gasteiger partial charge is 0.493 e. The third-order valence-corrected chi connectivity index (χ3v) is 4.56. The third kappa shape index (κ3) is 4.10. The van der Waals surface area contributed by atoms with E-state index in [4.69, 9.17) is 10.00 Å². The molecule has 1 aliphatic carbocycles. The fourth-order valence-corrected chi connectivity index (χ4v) is 3.11. The van der Waals surface area contributed by atoms with Gasteiger partial charge in [-0.1, -0.05) is 17.3 Å². The number of H-pyrrole nitrogens is 1. The van der Waals surface area contributed by atoms with Crippen molar-refractivity contribution in [3.05, 3.63) is 30.0 Å². The first-order valence-corrected chi connectivity index (χ1v) is 8.08. The van der Waals surface area contributed by atoms with Crippen molar-refractivity contribution in [3.63, 3.8) is 0 Å². The molecule has 5 nitrogen and oxygen atoms in total. The molecule has 1 aromatic carbocycles. The molecule has 1 fully saturated rings. The van der Waals surface area contributed by atoms with Crippen molar-refractivity contribution in [2.24, 2.45) is 11.8 Å². The Bertz CT molecular complexity index is 758. The molecule has 1 aliphatic rings. The second-order valence-electron chi connectivity index (χ2n) is 6.25. The van der Waals surface area contributed by atoms with Crippen molar-refractivity contribution in [1.82, 2.24) is 15.4 Å². The maximum absolute atomic E-state index is 12.7. The SMILES string of the molecule is N#Cc1[nH]nnc1-c1cccc(OC[C@H]2CC[C@@H](C(F)(F)F)CC2)c1. The predicted molar refractivity (Wildman–Crippen MR) is 83.5 cm³/mol. The molecule has 0 saturated heterocycles. The predicted octanol–water partition coefficient (Wildman–Crippen LogP) is 4.09. The van der Waals surface area contributed by atoms with Crippen LogP contribution in [0.1, 0.15) is 31.4 Å². The Balaban J connectivity index is 1.58. The molecule has 3 rings (SSSR count). The molecule has 8 heteroatoms. The molecule has 1 N–H and O–H groups in total. The topological polar surface area (TPSA) is 74.6 Å². The van der Waals surface area contributed by atoms with Gasteiger partial charge < -0.3 is 4.74 Å². The summed E-state index contributed by atoms with van der Waals surface area (Å²) in [7, 11) is 0. The summed E-state index contributed by atoms with van der Waals surface area (Å²) in [6.45, 7) is 0.387. The molecule has 25 heavy (non-hydrogen) atoms. The van der Waals surface area contributed by atoms with E-state index in [1.165, 1.54) is 0 Å². The van der Waals surface area contributed by atoms with E-state index in [1.807, 2.05) is 6.07 Å². The highest BCUT2D eigenvalue weighted by Gasteiger charge is 2.41. The molecule has 132 valence electrons. The summed E-state index contributed by atoms with van der Waals surface area (Å²) in [4.78, 5) is 0. The lowest BCUT2D eigenvalue weighted by molar-refractivity contribution is -0.184. The van der Waals surface area contributed by atoms with E-state index in [9.17, 15) is 13.2 Å². The van der Waals surface area contributed by atoms with Crippen LogP contribution in [-0.2, 0) is 0 Å². The summed E-state index contributed by atoms with van der Waals surface area (Å²) < 4.78 is 43.8. The standard InChI is InChI=1S/C17H17F3N4O/c18-17(19,20)13-6-4-11(5-7-13)10-25-14-3-1-2-12(8-14)16-15(9-21)22-24-23-16/h1-3,8,11,13H,4-7,10H2,(H,22,23,24)/t11-,13+. The fraction of sp³-hybridized carbons (Fsp3) is 0.471. The Morgan fingerprint density at radius 3 is 2.68 bits per heavy atom. The number of aromatic amines is 1.